The highest BCUT2D eigenvalue weighted by Gasteiger charge is 2.37. The third kappa shape index (κ3) is 4.48. The van der Waals surface area contributed by atoms with Crippen LogP contribution in [0.1, 0.15) is 46.5 Å². The summed E-state index contributed by atoms with van der Waals surface area (Å²) >= 11 is 0. The van der Waals surface area contributed by atoms with Gasteiger partial charge >= 0.3 is 0 Å². The minimum Gasteiger partial charge on any atom is -0.394 e. The first kappa shape index (κ1) is 15.9. The zero-order valence-corrected chi connectivity index (χ0v) is 11.7. The first-order valence-electron chi connectivity index (χ1n) is 6.91. The van der Waals surface area contributed by atoms with Crippen molar-refractivity contribution in [3.05, 3.63) is 0 Å². The molecule has 0 amide bonds. The normalized spacial score (nSPS) is 22.7. The predicted octanol–water partition coefficient (Wildman–Crippen LogP) is 2.03. The van der Waals surface area contributed by atoms with Crippen molar-refractivity contribution in [3.63, 3.8) is 0 Å². The van der Waals surface area contributed by atoms with E-state index >= 15 is 0 Å². The average Bonchev–Trinajstić information content (AvgIpc) is 2.44. The molecule has 0 radical (unpaired) electrons. The van der Waals surface area contributed by atoms with Gasteiger partial charge in [0.05, 0.1) is 25.9 Å². The predicted molar refractivity (Wildman–Crippen MR) is 67.0 cm³/mol. The van der Waals surface area contributed by atoms with Crippen LogP contribution in [0.4, 0.5) is 0 Å². The van der Waals surface area contributed by atoms with E-state index in [2.05, 4.69) is 0 Å². The number of hydrogen-bond donors (Lipinski definition) is 1. The van der Waals surface area contributed by atoms with Gasteiger partial charge in [-0.3, -0.25) is 4.74 Å². The SMILES string of the molecule is CCC(CO)OC(CC)OC1(CC)OCCCO1. The maximum atomic E-state index is 9.15. The lowest BCUT2D eigenvalue weighted by Crippen LogP contribution is -2.46. The number of aliphatic hydroxyl groups excluding tert-OH is 1. The molecule has 2 atom stereocenters. The summed E-state index contributed by atoms with van der Waals surface area (Å²) in [5.41, 5.74) is 0. The van der Waals surface area contributed by atoms with E-state index in [1.807, 2.05) is 20.8 Å². The second-order valence-electron chi connectivity index (χ2n) is 4.39. The molecule has 1 saturated heterocycles. The largest absolute Gasteiger partial charge is 0.394 e. The average molecular weight is 262 g/mol. The van der Waals surface area contributed by atoms with E-state index in [1.54, 1.807) is 0 Å². The summed E-state index contributed by atoms with van der Waals surface area (Å²) in [6.45, 7) is 7.18. The van der Waals surface area contributed by atoms with E-state index in [4.69, 9.17) is 24.1 Å². The topological polar surface area (TPSA) is 57.2 Å². The van der Waals surface area contributed by atoms with Gasteiger partial charge in [-0.2, -0.15) is 0 Å². The number of rotatable bonds is 8. The van der Waals surface area contributed by atoms with Gasteiger partial charge in [0.25, 0.3) is 5.97 Å². The molecule has 1 rings (SSSR count). The van der Waals surface area contributed by atoms with Crippen molar-refractivity contribution in [2.75, 3.05) is 19.8 Å². The van der Waals surface area contributed by atoms with Crippen molar-refractivity contribution in [1.82, 2.24) is 0 Å². The summed E-state index contributed by atoms with van der Waals surface area (Å²) < 4.78 is 22.7. The van der Waals surface area contributed by atoms with Gasteiger partial charge in [-0.25, -0.2) is 0 Å². The van der Waals surface area contributed by atoms with E-state index in [0.29, 0.717) is 26.1 Å². The molecule has 0 aromatic rings. The Hall–Kier alpha value is -0.200. The highest BCUT2D eigenvalue weighted by atomic mass is 16.9. The Morgan fingerprint density at radius 1 is 1.17 bits per heavy atom. The molecule has 0 aromatic heterocycles. The summed E-state index contributed by atoms with van der Waals surface area (Å²) in [4.78, 5) is 0. The van der Waals surface area contributed by atoms with Crippen molar-refractivity contribution >= 4 is 0 Å². The third-order valence-electron chi connectivity index (χ3n) is 3.01. The number of hydrogen-bond acceptors (Lipinski definition) is 5. The quantitative estimate of drug-likeness (QED) is 0.678. The van der Waals surface area contributed by atoms with Crippen LogP contribution in [0.25, 0.3) is 0 Å². The van der Waals surface area contributed by atoms with Gasteiger partial charge < -0.3 is 19.3 Å². The fourth-order valence-corrected chi connectivity index (χ4v) is 1.80. The van der Waals surface area contributed by atoms with Gasteiger partial charge in [0.15, 0.2) is 6.29 Å². The highest BCUT2D eigenvalue weighted by Crippen LogP contribution is 2.27. The summed E-state index contributed by atoms with van der Waals surface area (Å²) in [5.74, 6) is -0.979. The molecule has 18 heavy (non-hydrogen) atoms. The number of ether oxygens (including phenoxy) is 4. The first-order chi connectivity index (χ1) is 8.69. The smallest absolute Gasteiger partial charge is 0.284 e. The van der Waals surface area contributed by atoms with Gasteiger partial charge in [-0.1, -0.05) is 20.8 Å². The lowest BCUT2D eigenvalue weighted by Gasteiger charge is -2.38. The van der Waals surface area contributed by atoms with Gasteiger partial charge in [0.2, 0.25) is 0 Å². The van der Waals surface area contributed by atoms with Gasteiger partial charge in [-0.05, 0) is 19.3 Å². The number of aliphatic hydroxyl groups is 1. The fraction of sp³-hybridized carbons (Fsp3) is 1.00. The summed E-state index contributed by atoms with van der Waals surface area (Å²) in [7, 11) is 0. The summed E-state index contributed by atoms with van der Waals surface area (Å²) in [5, 5.41) is 9.15. The zero-order valence-electron chi connectivity index (χ0n) is 11.7. The van der Waals surface area contributed by atoms with Crippen LogP contribution < -0.4 is 0 Å². The molecule has 5 heteroatoms. The van der Waals surface area contributed by atoms with Crippen molar-refractivity contribution in [1.29, 1.82) is 0 Å². The van der Waals surface area contributed by atoms with Crippen LogP contribution in [-0.4, -0.2) is 43.3 Å². The van der Waals surface area contributed by atoms with Crippen molar-refractivity contribution in [2.45, 2.75) is 64.8 Å². The molecule has 0 aromatic carbocycles. The van der Waals surface area contributed by atoms with Crippen LogP contribution in [-0.2, 0) is 18.9 Å². The lowest BCUT2D eigenvalue weighted by atomic mass is 10.3. The monoisotopic (exact) mass is 262 g/mol. The third-order valence-corrected chi connectivity index (χ3v) is 3.01. The van der Waals surface area contributed by atoms with Crippen LogP contribution in [0.2, 0.25) is 0 Å². The van der Waals surface area contributed by atoms with Gasteiger partial charge in [0.1, 0.15) is 0 Å². The molecular formula is C13H26O5. The van der Waals surface area contributed by atoms with Crippen LogP contribution in [0.15, 0.2) is 0 Å². The minimum absolute atomic E-state index is 0.00278. The minimum atomic E-state index is -0.979. The maximum absolute atomic E-state index is 9.15. The van der Waals surface area contributed by atoms with E-state index in [-0.39, 0.29) is 12.7 Å². The van der Waals surface area contributed by atoms with Crippen LogP contribution in [0.3, 0.4) is 0 Å². The summed E-state index contributed by atoms with van der Waals surface area (Å²) in [6, 6.07) is 0. The first-order valence-corrected chi connectivity index (χ1v) is 6.91. The molecule has 5 nitrogen and oxygen atoms in total. The molecule has 1 N–H and O–H groups in total. The second kappa shape index (κ2) is 8.07. The molecule has 1 heterocycles. The molecule has 0 bridgehead atoms. The Balaban J connectivity index is 2.53. The molecule has 1 fully saturated rings. The Kier molecular flexibility index (Phi) is 7.11. The second-order valence-corrected chi connectivity index (χ2v) is 4.39. The van der Waals surface area contributed by atoms with E-state index in [1.165, 1.54) is 0 Å². The Bertz CT molecular complexity index is 211. The summed E-state index contributed by atoms with van der Waals surface area (Å²) in [6.07, 6.45) is 2.31. The van der Waals surface area contributed by atoms with Crippen LogP contribution in [0, 0.1) is 0 Å². The molecule has 108 valence electrons. The molecule has 1 aliphatic rings. The molecule has 0 spiro atoms. The van der Waals surface area contributed by atoms with Crippen LogP contribution >= 0.6 is 0 Å². The maximum Gasteiger partial charge on any atom is 0.284 e. The zero-order chi connectivity index (χ0) is 13.4. The fourth-order valence-electron chi connectivity index (χ4n) is 1.80. The Labute approximate surface area is 109 Å². The van der Waals surface area contributed by atoms with E-state index in [9.17, 15) is 0 Å². The molecule has 0 saturated carbocycles. The van der Waals surface area contributed by atoms with Crippen molar-refractivity contribution in [3.8, 4) is 0 Å². The standard InChI is InChI=1S/C13H26O5/c1-4-11(10-14)17-12(5-2)18-13(6-3)15-8-7-9-16-13/h11-12,14H,4-10H2,1-3H3. The molecular weight excluding hydrogens is 236 g/mol. The van der Waals surface area contributed by atoms with Crippen LogP contribution in [0.5, 0.6) is 0 Å². The van der Waals surface area contributed by atoms with E-state index < -0.39 is 12.3 Å². The van der Waals surface area contributed by atoms with Crippen molar-refractivity contribution in [2.24, 2.45) is 0 Å². The molecule has 2 unspecified atom stereocenters. The Morgan fingerprint density at radius 2 is 1.83 bits per heavy atom. The van der Waals surface area contributed by atoms with Crippen molar-refractivity contribution < 1.29 is 24.1 Å². The van der Waals surface area contributed by atoms with Gasteiger partial charge in [0, 0.05) is 6.42 Å². The molecule has 1 aliphatic heterocycles. The molecule has 0 aliphatic carbocycles. The van der Waals surface area contributed by atoms with E-state index in [0.717, 1.165) is 12.8 Å². The lowest BCUT2D eigenvalue weighted by molar-refractivity contribution is -0.437. The highest BCUT2D eigenvalue weighted by molar-refractivity contribution is 4.62. The van der Waals surface area contributed by atoms with Gasteiger partial charge in [-0.15, -0.1) is 0 Å². The Morgan fingerprint density at radius 3 is 2.28 bits per heavy atom.